The molecular weight excluding hydrogens is 430 g/mol. The van der Waals surface area contributed by atoms with E-state index in [1.807, 2.05) is 43.0 Å². The largest absolute Gasteiger partial charge is 0.511 e. The summed E-state index contributed by atoms with van der Waals surface area (Å²) in [6.07, 6.45) is 5.81. The van der Waals surface area contributed by atoms with Crippen molar-refractivity contribution in [3.05, 3.63) is 46.2 Å². The van der Waals surface area contributed by atoms with Crippen LogP contribution in [0.3, 0.4) is 0 Å². The van der Waals surface area contributed by atoms with Gasteiger partial charge in [-0.1, -0.05) is 49.2 Å². The lowest BCUT2D eigenvalue weighted by molar-refractivity contribution is -0.117. The zero-order valence-electron chi connectivity index (χ0n) is 18.6. The minimum Gasteiger partial charge on any atom is -0.511 e. The number of Topliss-reactive ketones (excluding diaryl/α,β-unsaturated/α-hetero) is 1. The fraction of sp³-hybridized carbons (Fsp3) is 0.600. The average molecular weight is 464 g/mol. The van der Waals surface area contributed by atoms with Gasteiger partial charge in [0.2, 0.25) is 0 Å². The van der Waals surface area contributed by atoms with Crippen molar-refractivity contribution in [3.63, 3.8) is 0 Å². The lowest BCUT2D eigenvalue weighted by Gasteiger charge is -2.32. The number of carbonyl (C=O) groups is 1. The van der Waals surface area contributed by atoms with Crippen molar-refractivity contribution in [1.29, 1.82) is 0 Å². The Kier molecular flexibility index (Phi) is 9.33. The summed E-state index contributed by atoms with van der Waals surface area (Å²) in [5.74, 6) is 3.60. The first-order valence-electron chi connectivity index (χ1n) is 11.4. The third-order valence-electron chi connectivity index (χ3n) is 6.14. The Morgan fingerprint density at radius 1 is 1.29 bits per heavy atom. The Morgan fingerprint density at radius 3 is 2.71 bits per heavy atom. The number of aliphatic hydroxyl groups is 1. The number of rotatable bonds is 9. The maximum atomic E-state index is 13.0. The lowest BCUT2D eigenvalue weighted by atomic mass is 9.76. The molecule has 1 N–H and O–H groups in total. The fourth-order valence-corrected chi connectivity index (χ4v) is 5.90. The van der Waals surface area contributed by atoms with Gasteiger partial charge in [0.1, 0.15) is 12.4 Å². The second kappa shape index (κ2) is 12.0. The molecule has 0 amide bonds. The minimum absolute atomic E-state index is 0.0225. The Bertz CT molecular complexity index is 799. The van der Waals surface area contributed by atoms with Gasteiger partial charge in [-0.2, -0.15) is 11.8 Å². The van der Waals surface area contributed by atoms with Crippen molar-refractivity contribution >= 4 is 34.9 Å². The molecule has 170 valence electrons. The topological polar surface area (TPSA) is 58.9 Å². The van der Waals surface area contributed by atoms with E-state index in [0.29, 0.717) is 43.1 Å². The number of hydrogen-bond donors (Lipinski definition) is 1. The van der Waals surface area contributed by atoms with Crippen LogP contribution in [0.4, 0.5) is 0 Å². The molecular formula is C25H34ClNO3S. The maximum absolute atomic E-state index is 13.0. The third-order valence-corrected chi connectivity index (χ3v) is 7.63. The quantitative estimate of drug-likeness (QED) is 0.330. The number of hydrogen-bond acceptors (Lipinski definition) is 5. The van der Waals surface area contributed by atoms with Crippen LogP contribution in [0.1, 0.15) is 57.9 Å². The molecule has 0 radical (unpaired) electrons. The molecule has 0 saturated carbocycles. The molecule has 1 heterocycles. The summed E-state index contributed by atoms with van der Waals surface area (Å²) >= 11 is 7.92. The van der Waals surface area contributed by atoms with Gasteiger partial charge >= 0.3 is 0 Å². The SMILES string of the molecule is CCC/C(=N\OCC(C)Cc1ccc(Cl)cc1)C1=C(O)CC(C2CCCSC2)CC1=O. The van der Waals surface area contributed by atoms with E-state index in [-0.39, 0.29) is 23.4 Å². The van der Waals surface area contributed by atoms with Crippen LogP contribution in [0.5, 0.6) is 0 Å². The van der Waals surface area contributed by atoms with Gasteiger partial charge < -0.3 is 9.94 Å². The summed E-state index contributed by atoms with van der Waals surface area (Å²) in [5, 5.41) is 15.8. The normalized spacial score (nSPS) is 23.7. The van der Waals surface area contributed by atoms with Crippen LogP contribution in [0.15, 0.2) is 40.8 Å². The second-order valence-corrected chi connectivity index (χ2v) is 10.5. The van der Waals surface area contributed by atoms with Crippen molar-refractivity contribution in [2.45, 2.75) is 58.8 Å². The van der Waals surface area contributed by atoms with Crippen molar-refractivity contribution in [1.82, 2.24) is 0 Å². The highest BCUT2D eigenvalue weighted by Gasteiger charge is 2.35. The van der Waals surface area contributed by atoms with Crippen LogP contribution in [0.25, 0.3) is 0 Å². The predicted molar refractivity (Wildman–Crippen MR) is 130 cm³/mol. The predicted octanol–water partition coefficient (Wildman–Crippen LogP) is 6.63. The standard InChI is InChI=1S/C25H34ClNO3S/c1-3-5-22(27-30-15-17(2)12-18-7-9-21(26)10-8-18)25-23(28)13-20(14-24(25)29)19-6-4-11-31-16-19/h7-10,17,19-20,28H,3-6,11-16H2,1-2H3/b27-22+. The first-order chi connectivity index (χ1) is 15.0. The Morgan fingerprint density at radius 2 is 2.06 bits per heavy atom. The van der Waals surface area contributed by atoms with E-state index in [4.69, 9.17) is 16.4 Å². The van der Waals surface area contributed by atoms with Gasteiger partial charge in [-0.15, -0.1) is 0 Å². The van der Waals surface area contributed by atoms with Gasteiger partial charge in [-0.05, 0) is 72.6 Å². The van der Waals surface area contributed by atoms with Gasteiger partial charge in [0.05, 0.1) is 11.3 Å². The zero-order chi connectivity index (χ0) is 22.2. The Labute approximate surface area is 195 Å². The van der Waals surface area contributed by atoms with Crippen LogP contribution in [-0.2, 0) is 16.1 Å². The van der Waals surface area contributed by atoms with Crippen molar-refractivity contribution in [3.8, 4) is 0 Å². The lowest BCUT2D eigenvalue weighted by Crippen LogP contribution is -2.31. The summed E-state index contributed by atoms with van der Waals surface area (Å²) < 4.78 is 0. The number of thioether (sulfide) groups is 1. The molecule has 0 spiro atoms. The first kappa shape index (κ1) is 24.2. The minimum atomic E-state index is 0.0225. The summed E-state index contributed by atoms with van der Waals surface area (Å²) in [6, 6.07) is 7.83. The Hall–Kier alpha value is -1.46. The molecule has 1 saturated heterocycles. The van der Waals surface area contributed by atoms with Gasteiger partial charge in [0.25, 0.3) is 0 Å². The summed E-state index contributed by atoms with van der Waals surface area (Å²) in [7, 11) is 0. The number of nitrogens with zero attached hydrogens (tertiary/aromatic N) is 1. The molecule has 1 aliphatic heterocycles. The number of halogens is 1. The van der Waals surface area contributed by atoms with Crippen LogP contribution in [0, 0.1) is 17.8 Å². The van der Waals surface area contributed by atoms with Gasteiger partial charge in [-0.3, -0.25) is 4.79 Å². The maximum Gasteiger partial charge on any atom is 0.168 e. The monoisotopic (exact) mass is 463 g/mol. The number of oxime groups is 1. The van der Waals surface area contributed by atoms with Crippen molar-refractivity contribution in [2.75, 3.05) is 18.1 Å². The first-order valence-corrected chi connectivity index (χ1v) is 13.0. The van der Waals surface area contributed by atoms with Crippen LogP contribution >= 0.6 is 23.4 Å². The van der Waals surface area contributed by atoms with E-state index >= 15 is 0 Å². The molecule has 1 fully saturated rings. The summed E-state index contributed by atoms with van der Waals surface area (Å²) in [5.41, 5.74) is 2.21. The fourth-order valence-electron chi connectivity index (χ4n) is 4.50. The molecule has 0 bridgehead atoms. The van der Waals surface area contributed by atoms with Crippen molar-refractivity contribution in [2.24, 2.45) is 22.9 Å². The highest BCUT2D eigenvalue weighted by Crippen LogP contribution is 2.38. The highest BCUT2D eigenvalue weighted by atomic mass is 35.5. The number of carbonyl (C=O) groups excluding carboxylic acids is 1. The molecule has 1 aliphatic carbocycles. The van der Waals surface area contributed by atoms with Gasteiger partial charge in [0, 0.05) is 17.9 Å². The van der Waals surface area contributed by atoms with E-state index in [1.165, 1.54) is 17.7 Å². The van der Waals surface area contributed by atoms with Gasteiger partial charge in [0.15, 0.2) is 5.78 Å². The summed E-state index contributed by atoms with van der Waals surface area (Å²) in [6.45, 7) is 4.62. The van der Waals surface area contributed by atoms with E-state index in [9.17, 15) is 9.90 Å². The van der Waals surface area contributed by atoms with E-state index in [0.717, 1.165) is 30.0 Å². The molecule has 1 aromatic carbocycles. The van der Waals surface area contributed by atoms with Crippen LogP contribution in [0.2, 0.25) is 5.02 Å². The summed E-state index contributed by atoms with van der Waals surface area (Å²) in [4.78, 5) is 18.6. The molecule has 1 aromatic rings. The molecule has 3 atom stereocenters. The molecule has 3 unspecified atom stereocenters. The van der Waals surface area contributed by atoms with E-state index in [2.05, 4.69) is 12.1 Å². The van der Waals surface area contributed by atoms with Crippen LogP contribution < -0.4 is 0 Å². The second-order valence-electron chi connectivity index (χ2n) is 8.91. The van der Waals surface area contributed by atoms with E-state index in [1.54, 1.807) is 0 Å². The number of ketones is 1. The number of allylic oxidation sites excluding steroid dienone is 2. The third kappa shape index (κ3) is 7.01. The van der Waals surface area contributed by atoms with Crippen molar-refractivity contribution < 1.29 is 14.7 Å². The smallest absolute Gasteiger partial charge is 0.168 e. The van der Waals surface area contributed by atoms with E-state index < -0.39 is 0 Å². The molecule has 0 aromatic heterocycles. The zero-order valence-corrected chi connectivity index (χ0v) is 20.2. The average Bonchev–Trinajstić information content (AvgIpc) is 2.75. The molecule has 31 heavy (non-hydrogen) atoms. The highest BCUT2D eigenvalue weighted by molar-refractivity contribution is 7.99. The molecule has 6 heteroatoms. The Balaban J connectivity index is 1.62. The molecule has 3 rings (SSSR count). The van der Waals surface area contributed by atoms with Gasteiger partial charge in [-0.25, -0.2) is 0 Å². The molecule has 2 aliphatic rings. The van der Waals surface area contributed by atoms with Crippen LogP contribution in [-0.4, -0.2) is 34.7 Å². The number of benzene rings is 1. The molecule has 4 nitrogen and oxygen atoms in total. The number of aliphatic hydroxyl groups excluding tert-OH is 1.